The summed E-state index contributed by atoms with van der Waals surface area (Å²) in [4.78, 5) is 24.8. The first-order valence-electron chi connectivity index (χ1n) is 11.6. The Morgan fingerprint density at radius 1 is 0.946 bits per heavy atom. The average molecular weight is 523 g/mol. The molecule has 2 atom stereocenters. The molecule has 194 valence electrons. The number of ether oxygens (including phenoxy) is 1. The highest BCUT2D eigenvalue weighted by Gasteiger charge is 2.28. The monoisotopic (exact) mass is 522 g/mol. The van der Waals surface area contributed by atoms with Gasteiger partial charge in [-0.2, -0.15) is 5.10 Å². The van der Waals surface area contributed by atoms with Gasteiger partial charge in [-0.25, -0.2) is 13.8 Å². The number of hydrogen-bond acceptors (Lipinski definition) is 6. The zero-order valence-electron chi connectivity index (χ0n) is 20.9. The van der Waals surface area contributed by atoms with Crippen molar-refractivity contribution >= 4 is 33.7 Å². The van der Waals surface area contributed by atoms with E-state index >= 15 is 0 Å². The minimum Gasteiger partial charge on any atom is -0.484 e. The minimum atomic E-state index is -3.70. The number of carbonyl (C=O) groups is 2. The molecule has 0 saturated heterocycles. The van der Waals surface area contributed by atoms with E-state index in [0.29, 0.717) is 17.0 Å². The summed E-state index contributed by atoms with van der Waals surface area (Å²) in [5, 5.41) is 6.82. The van der Waals surface area contributed by atoms with Crippen LogP contribution in [0.3, 0.4) is 0 Å². The Morgan fingerprint density at radius 2 is 1.54 bits per heavy atom. The van der Waals surface area contributed by atoms with Gasteiger partial charge in [-0.05, 0) is 61.4 Å². The van der Waals surface area contributed by atoms with Crippen molar-refractivity contribution in [3.05, 3.63) is 96.1 Å². The summed E-state index contributed by atoms with van der Waals surface area (Å²) in [7, 11) is -3.70. The average Bonchev–Trinajstić information content (AvgIpc) is 2.88. The molecule has 9 nitrogen and oxygen atoms in total. The summed E-state index contributed by atoms with van der Waals surface area (Å²) >= 11 is 0. The first-order chi connectivity index (χ1) is 17.6. The van der Waals surface area contributed by atoms with Crippen molar-refractivity contribution in [1.29, 1.82) is 0 Å². The molecule has 0 aliphatic heterocycles. The van der Waals surface area contributed by atoms with Gasteiger partial charge in [0, 0.05) is 0 Å². The van der Waals surface area contributed by atoms with Crippen molar-refractivity contribution in [1.82, 2.24) is 10.7 Å². The van der Waals surface area contributed by atoms with Crippen molar-refractivity contribution in [3.63, 3.8) is 0 Å². The van der Waals surface area contributed by atoms with Crippen molar-refractivity contribution in [2.45, 2.75) is 25.9 Å². The van der Waals surface area contributed by atoms with E-state index in [1.807, 2.05) is 37.3 Å². The van der Waals surface area contributed by atoms with Crippen LogP contribution in [-0.2, 0) is 19.6 Å². The van der Waals surface area contributed by atoms with E-state index in [-0.39, 0.29) is 18.6 Å². The fourth-order valence-corrected chi connectivity index (χ4v) is 4.73. The van der Waals surface area contributed by atoms with Crippen LogP contribution in [0.5, 0.6) is 5.75 Å². The van der Waals surface area contributed by atoms with E-state index in [1.54, 1.807) is 54.6 Å². The smallest absolute Gasteiger partial charge is 0.263 e. The maximum absolute atomic E-state index is 12.6. The zero-order chi connectivity index (χ0) is 26.8. The SMILES string of the molecule is CC(NC(=O)COc1ccc(/C=N/NC(=O)C(C)N(c2ccccc2)S(C)(=O)=O)cc1)c1ccccc1. The molecule has 0 bridgehead atoms. The van der Waals surface area contributed by atoms with E-state index in [9.17, 15) is 18.0 Å². The Hall–Kier alpha value is -4.18. The first-order valence-corrected chi connectivity index (χ1v) is 13.4. The van der Waals surface area contributed by atoms with E-state index in [0.717, 1.165) is 16.1 Å². The van der Waals surface area contributed by atoms with Gasteiger partial charge in [0.15, 0.2) is 6.61 Å². The predicted molar refractivity (Wildman–Crippen MR) is 144 cm³/mol. The molecule has 3 aromatic rings. The number of rotatable bonds is 11. The van der Waals surface area contributed by atoms with Crippen LogP contribution in [0, 0.1) is 0 Å². The van der Waals surface area contributed by atoms with E-state index < -0.39 is 22.0 Å². The lowest BCUT2D eigenvalue weighted by atomic mass is 10.1. The standard InChI is InChI=1S/C27H30N4O5S/c1-20(23-10-6-4-7-11-23)29-26(32)19-36-25-16-14-22(15-17-25)18-28-30-27(33)21(2)31(37(3,34)35)24-12-8-5-9-13-24/h4-18,20-21H,19H2,1-3H3,(H,29,32)(H,30,33)/b28-18+. The molecule has 2 amide bonds. The third-order valence-electron chi connectivity index (χ3n) is 5.41. The van der Waals surface area contributed by atoms with Gasteiger partial charge < -0.3 is 10.1 Å². The van der Waals surface area contributed by atoms with Crippen LogP contribution < -0.4 is 19.8 Å². The highest BCUT2D eigenvalue weighted by atomic mass is 32.2. The summed E-state index contributed by atoms with van der Waals surface area (Å²) in [6.07, 6.45) is 2.47. The lowest BCUT2D eigenvalue weighted by molar-refractivity contribution is -0.124. The molecular formula is C27H30N4O5S. The number of benzene rings is 3. The number of carbonyl (C=O) groups excluding carboxylic acids is 2. The number of sulfonamides is 1. The molecule has 2 unspecified atom stereocenters. The van der Waals surface area contributed by atoms with Crippen LogP contribution >= 0.6 is 0 Å². The summed E-state index contributed by atoms with van der Waals surface area (Å²) in [6.45, 7) is 3.26. The Kier molecular flexibility index (Phi) is 9.39. The van der Waals surface area contributed by atoms with E-state index in [1.165, 1.54) is 13.1 Å². The quantitative estimate of drug-likeness (QED) is 0.296. The molecule has 0 spiro atoms. The Labute approximate surface area is 217 Å². The van der Waals surface area contributed by atoms with Crippen LogP contribution in [-0.4, -0.2) is 45.4 Å². The summed E-state index contributed by atoms with van der Waals surface area (Å²) in [6, 6.07) is 23.7. The second kappa shape index (κ2) is 12.7. The van der Waals surface area contributed by atoms with Gasteiger partial charge in [-0.15, -0.1) is 0 Å². The van der Waals surface area contributed by atoms with Gasteiger partial charge in [0.1, 0.15) is 11.8 Å². The van der Waals surface area contributed by atoms with Gasteiger partial charge in [0.25, 0.3) is 11.8 Å². The number of amides is 2. The van der Waals surface area contributed by atoms with Crippen molar-refractivity contribution in [2.75, 3.05) is 17.2 Å². The normalized spacial score (nSPS) is 12.9. The van der Waals surface area contributed by atoms with Crippen molar-refractivity contribution in [2.24, 2.45) is 5.10 Å². The van der Waals surface area contributed by atoms with E-state index in [2.05, 4.69) is 15.8 Å². The highest BCUT2D eigenvalue weighted by Crippen LogP contribution is 2.20. The second-order valence-corrected chi connectivity index (χ2v) is 10.2. The third kappa shape index (κ3) is 8.18. The maximum atomic E-state index is 12.6. The number of para-hydroxylation sites is 1. The summed E-state index contributed by atoms with van der Waals surface area (Å²) in [5.41, 5.74) is 4.44. The molecule has 0 heterocycles. The summed E-state index contributed by atoms with van der Waals surface area (Å²) in [5.74, 6) is -0.317. The zero-order valence-corrected chi connectivity index (χ0v) is 21.7. The number of hydrazone groups is 1. The van der Waals surface area contributed by atoms with Gasteiger partial charge in [-0.3, -0.25) is 13.9 Å². The summed E-state index contributed by atoms with van der Waals surface area (Å²) < 4.78 is 31.2. The number of nitrogens with one attached hydrogen (secondary N) is 2. The van der Waals surface area contributed by atoms with Crippen LogP contribution in [0.25, 0.3) is 0 Å². The molecule has 0 aliphatic rings. The second-order valence-electron chi connectivity index (χ2n) is 8.36. The number of hydrogen-bond donors (Lipinski definition) is 2. The molecule has 3 rings (SSSR count). The van der Waals surface area contributed by atoms with Crippen LogP contribution in [0.15, 0.2) is 90.0 Å². The number of nitrogens with zero attached hydrogens (tertiary/aromatic N) is 2. The van der Waals surface area contributed by atoms with Gasteiger partial charge in [0.2, 0.25) is 10.0 Å². The molecule has 0 saturated carbocycles. The molecule has 0 fully saturated rings. The molecule has 0 aromatic heterocycles. The molecule has 0 radical (unpaired) electrons. The fraction of sp³-hybridized carbons (Fsp3) is 0.222. The van der Waals surface area contributed by atoms with Gasteiger partial charge >= 0.3 is 0 Å². The van der Waals surface area contributed by atoms with Crippen LogP contribution in [0.4, 0.5) is 5.69 Å². The van der Waals surface area contributed by atoms with Crippen LogP contribution in [0.2, 0.25) is 0 Å². The Morgan fingerprint density at radius 3 is 2.14 bits per heavy atom. The molecule has 0 aliphatic carbocycles. The van der Waals surface area contributed by atoms with Gasteiger partial charge in [0.05, 0.1) is 24.2 Å². The molecule has 2 N–H and O–H groups in total. The third-order valence-corrected chi connectivity index (χ3v) is 6.66. The molecule has 37 heavy (non-hydrogen) atoms. The molecule has 3 aromatic carbocycles. The first kappa shape index (κ1) is 27.4. The maximum Gasteiger partial charge on any atom is 0.263 e. The lowest BCUT2D eigenvalue weighted by Crippen LogP contribution is -2.46. The largest absolute Gasteiger partial charge is 0.484 e. The van der Waals surface area contributed by atoms with Gasteiger partial charge in [-0.1, -0.05) is 48.5 Å². The minimum absolute atomic E-state index is 0.128. The van der Waals surface area contributed by atoms with Crippen molar-refractivity contribution < 1.29 is 22.7 Å². The predicted octanol–water partition coefficient (Wildman–Crippen LogP) is 3.25. The lowest BCUT2D eigenvalue weighted by Gasteiger charge is -2.27. The molecular weight excluding hydrogens is 492 g/mol. The van der Waals surface area contributed by atoms with E-state index in [4.69, 9.17) is 4.74 Å². The Bertz CT molecular complexity index is 1310. The fourth-order valence-electron chi connectivity index (χ4n) is 3.55. The van der Waals surface area contributed by atoms with Crippen LogP contribution in [0.1, 0.15) is 31.0 Å². The highest BCUT2D eigenvalue weighted by molar-refractivity contribution is 7.92. The van der Waals surface area contributed by atoms with Crippen molar-refractivity contribution in [3.8, 4) is 5.75 Å². The topological polar surface area (TPSA) is 117 Å². The number of anilines is 1. The Balaban J connectivity index is 1.50. The molecule has 10 heteroatoms.